The number of nitrogens with zero attached hydrogens (tertiary/aromatic N) is 2. The van der Waals surface area contributed by atoms with Crippen molar-refractivity contribution in [3.63, 3.8) is 0 Å². The van der Waals surface area contributed by atoms with E-state index >= 15 is 0 Å². The van der Waals surface area contributed by atoms with Gasteiger partial charge in [-0.3, -0.25) is 9.69 Å². The molecule has 0 radical (unpaired) electrons. The first-order valence-corrected chi connectivity index (χ1v) is 6.90. The molecule has 1 aliphatic heterocycles. The second kappa shape index (κ2) is 6.12. The second-order valence-corrected chi connectivity index (χ2v) is 5.06. The van der Waals surface area contributed by atoms with Crippen molar-refractivity contribution >= 4 is 22.4 Å². The Morgan fingerprint density at radius 2 is 2.61 bits per heavy atom. The zero-order chi connectivity index (χ0) is 13.0. The Labute approximate surface area is 110 Å². The fraction of sp³-hybridized carbons (Fsp3) is 0.636. The fourth-order valence-electron chi connectivity index (χ4n) is 1.88. The number of carbonyl (C=O) groups is 1. The molecule has 1 aliphatic rings. The predicted molar refractivity (Wildman–Crippen MR) is 70.7 cm³/mol. The lowest BCUT2D eigenvalue weighted by Crippen LogP contribution is -2.47. The molecule has 1 atom stereocenters. The summed E-state index contributed by atoms with van der Waals surface area (Å²) in [7, 11) is 0. The van der Waals surface area contributed by atoms with Gasteiger partial charge in [0.2, 0.25) is 0 Å². The summed E-state index contributed by atoms with van der Waals surface area (Å²) in [6.07, 6.45) is 0.0543. The Hall–Kier alpha value is -1.18. The van der Waals surface area contributed by atoms with E-state index in [0.29, 0.717) is 17.4 Å². The van der Waals surface area contributed by atoms with Crippen molar-refractivity contribution in [2.24, 2.45) is 0 Å². The maximum absolute atomic E-state index is 11.8. The molecule has 1 fully saturated rings. The SMILES string of the molecule is CCN1CCOC(CNC(=O)c2csc(N)n2)C1. The molecule has 1 aromatic rings. The van der Waals surface area contributed by atoms with Crippen LogP contribution in [0.5, 0.6) is 0 Å². The molecule has 1 saturated heterocycles. The molecule has 7 heteroatoms. The van der Waals surface area contributed by atoms with Gasteiger partial charge in [0.05, 0.1) is 12.7 Å². The monoisotopic (exact) mass is 270 g/mol. The number of thiazole rings is 1. The first-order chi connectivity index (χ1) is 8.69. The van der Waals surface area contributed by atoms with Gasteiger partial charge < -0.3 is 15.8 Å². The molecule has 18 heavy (non-hydrogen) atoms. The number of aromatic nitrogens is 1. The number of morpholine rings is 1. The number of hydrogen-bond acceptors (Lipinski definition) is 6. The molecule has 0 aromatic carbocycles. The van der Waals surface area contributed by atoms with E-state index in [0.717, 1.165) is 26.2 Å². The highest BCUT2D eigenvalue weighted by Crippen LogP contribution is 2.11. The summed E-state index contributed by atoms with van der Waals surface area (Å²) in [5.74, 6) is -0.194. The van der Waals surface area contributed by atoms with Crippen LogP contribution in [0.2, 0.25) is 0 Å². The number of hydrogen-bond donors (Lipinski definition) is 2. The lowest BCUT2D eigenvalue weighted by molar-refractivity contribution is -0.0246. The van der Waals surface area contributed by atoms with E-state index in [1.165, 1.54) is 11.3 Å². The summed E-state index contributed by atoms with van der Waals surface area (Å²) < 4.78 is 5.60. The summed E-state index contributed by atoms with van der Waals surface area (Å²) in [4.78, 5) is 18.0. The van der Waals surface area contributed by atoms with E-state index < -0.39 is 0 Å². The van der Waals surface area contributed by atoms with Gasteiger partial charge in [-0.2, -0.15) is 0 Å². The first kappa shape index (κ1) is 13.3. The minimum Gasteiger partial charge on any atom is -0.375 e. The molecule has 3 N–H and O–H groups in total. The average molecular weight is 270 g/mol. The number of nitrogens with two attached hydrogens (primary N) is 1. The third kappa shape index (κ3) is 3.41. The predicted octanol–water partition coefficient (Wildman–Crippen LogP) is 0.176. The van der Waals surface area contributed by atoms with Gasteiger partial charge in [-0.15, -0.1) is 11.3 Å². The van der Waals surface area contributed by atoms with Crippen LogP contribution in [0, 0.1) is 0 Å². The first-order valence-electron chi connectivity index (χ1n) is 6.02. The molecular weight excluding hydrogens is 252 g/mol. The molecule has 1 aromatic heterocycles. The van der Waals surface area contributed by atoms with Crippen molar-refractivity contribution in [3.05, 3.63) is 11.1 Å². The summed E-state index contributed by atoms with van der Waals surface area (Å²) >= 11 is 1.26. The Morgan fingerprint density at radius 1 is 1.78 bits per heavy atom. The number of ether oxygens (including phenoxy) is 1. The van der Waals surface area contributed by atoms with Crippen LogP contribution in [0.3, 0.4) is 0 Å². The lowest BCUT2D eigenvalue weighted by Gasteiger charge is -2.32. The number of likely N-dealkylation sites (N-methyl/N-ethyl adjacent to an activating group) is 1. The van der Waals surface area contributed by atoms with Crippen molar-refractivity contribution in [2.75, 3.05) is 38.5 Å². The summed E-state index contributed by atoms with van der Waals surface area (Å²) in [5.41, 5.74) is 5.86. The van der Waals surface area contributed by atoms with Gasteiger partial charge >= 0.3 is 0 Å². The zero-order valence-corrected chi connectivity index (χ0v) is 11.2. The van der Waals surface area contributed by atoms with E-state index in [9.17, 15) is 4.79 Å². The van der Waals surface area contributed by atoms with Crippen molar-refractivity contribution in [2.45, 2.75) is 13.0 Å². The summed E-state index contributed by atoms with van der Waals surface area (Å²) in [6, 6.07) is 0. The minimum absolute atomic E-state index is 0.0543. The van der Waals surface area contributed by atoms with E-state index in [-0.39, 0.29) is 12.0 Å². The molecular formula is C11H18N4O2S. The van der Waals surface area contributed by atoms with Crippen molar-refractivity contribution in [1.29, 1.82) is 0 Å². The minimum atomic E-state index is -0.194. The number of carbonyl (C=O) groups excluding carboxylic acids is 1. The number of amides is 1. The third-order valence-corrected chi connectivity index (χ3v) is 3.59. The Balaban J connectivity index is 1.79. The maximum atomic E-state index is 11.8. The number of nitrogens with one attached hydrogen (secondary N) is 1. The highest BCUT2D eigenvalue weighted by Gasteiger charge is 2.20. The van der Waals surface area contributed by atoms with Crippen LogP contribution in [0.25, 0.3) is 0 Å². The molecule has 1 amide bonds. The standard InChI is InChI=1S/C11H18N4O2S/c1-2-15-3-4-17-8(6-15)5-13-10(16)9-7-18-11(12)14-9/h7-8H,2-6H2,1H3,(H2,12,14)(H,13,16). The molecule has 6 nitrogen and oxygen atoms in total. The summed E-state index contributed by atoms with van der Waals surface area (Å²) in [5, 5.41) is 4.89. The van der Waals surface area contributed by atoms with Crippen LogP contribution in [0.15, 0.2) is 5.38 Å². The Bertz CT molecular complexity index is 410. The summed E-state index contributed by atoms with van der Waals surface area (Å²) in [6.45, 7) is 6.18. The maximum Gasteiger partial charge on any atom is 0.270 e. The van der Waals surface area contributed by atoms with Crippen LogP contribution < -0.4 is 11.1 Å². The van der Waals surface area contributed by atoms with E-state index in [1.807, 2.05) is 0 Å². The quantitative estimate of drug-likeness (QED) is 0.815. The molecule has 2 heterocycles. The molecule has 0 aliphatic carbocycles. The molecule has 2 rings (SSSR count). The fourth-order valence-corrected chi connectivity index (χ4v) is 2.42. The molecule has 100 valence electrons. The van der Waals surface area contributed by atoms with Crippen LogP contribution in [-0.2, 0) is 4.74 Å². The van der Waals surface area contributed by atoms with Crippen molar-refractivity contribution in [3.8, 4) is 0 Å². The van der Waals surface area contributed by atoms with Gasteiger partial charge in [0.15, 0.2) is 5.13 Å². The van der Waals surface area contributed by atoms with Gasteiger partial charge in [-0.25, -0.2) is 4.98 Å². The van der Waals surface area contributed by atoms with Crippen molar-refractivity contribution < 1.29 is 9.53 Å². The van der Waals surface area contributed by atoms with E-state index in [2.05, 4.69) is 22.1 Å². The third-order valence-electron chi connectivity index (χ3n) is 2.91. The molecule has 0 spiro atoms. The van der Waals surface area contributed by atoms with E-state index in [4.69, 9.17) is 10.5 Å². The number of rotatable bonds is 4. The average Bonchev–Trinajstić information content (AvgIpc) is 2.83. The van der Waals surface area contributed by atoms with Gasteiger partial charge in [0.25, 0.3) is 5.91 Å². The number of anilines is 1. The molecule has 0 saturated carbocycles. The van der Waals surface area contributed by atoms with Crippen LogP contribution in [0.4, 0.5) is 5.13 Å². The lowest BCUT2D eigenvalue weighted by atomic mass is 10.2. The molecule has 0 bridgehead atoms. The van der Waals surface area contributed by atoms with Gasteiger partial charge in [-0.1, -0.05) is 6.92 Å². The number of nitrogen functional groups attached to an aromatic ring is 1. The van der Waals surface area contributed by atoms with E-state index in [1.54, 1.807) is 5.38 Å². The van der Waals surface area contributed by atoms with Gasteiger partial charge in [0.1, 0.15) is 5.69 Å². The van der Waals surface area contributed by atoms with Crippen LogP contribution >= 0.6 is 11.3 Å². The van der Waals surface area contributed by atoms with Crippen LogP contribution in [-0.4, -0.2) is 54.7 Å². The molecule has 1 unspecified atom stereocenters. The van der Waals surface area contributed by atoms with Gasteiger partial charge in [0, 0.05) is 25.0 Å². The zero-order valence-electron chi connectivity index (χ0n) is 10.4. The van der Waals surface area contributed by atoms with Crippen molar-refractivity contribution in [1.82, 2.24) is 15.2 Å². The highest BCUT2D eigenvalue weighted by atomic mass is 32.1. The Kier molecular flexibility index (Phi) is 4.51. The normalized spacial score (nSPS) is 20.8. The largest absolute Gasteiger partial charge is 0.375 e. The topological polar surface area (TPSA) is 80.5 Å². The Morgan fingerprint density at radius 3 is 3.28 bits per heavy atom. The second-order valence-electron chi connectivity index (χ2n) is 4.17. The highest BCUT2D eigenvalue weighted by molar-refractivity contribution is 7.13. The van der Waals surface area contributed by atoms with Crippen LogP contribution in [0.1, 0.15) is 17.4 Å². The van der Waals surface area contributed by atoms with Gasteiger partial charge in [-0.05, 0) is 6.54 Å². The smallest absolute Gasteiger partial charge is 0.270 e.